The summed E-state index contributed by atoms with van der Waals surface area (Å²) < 4.78 is 0. The molecule has 1 aromatic rings. The van der Waals surface area contributed by atoms with E-state index in [4.69, 9.17) is 0 Å². The van der Waals surface area contributed by atoms with Gasteiger partial charge in [0.25, 0.3) is 0 Å². The molecule has 1 rings (SSSR count). The van der Waals surface area contributed by atoms with E-state index >= 15 is 0 Å². The highest BCUT2D eigenvalue weighted by molar-refractivity contribution is 7.80. The molecule has 0 bridgehead atoms. The van der Waals surface area contributed by atoms with Gasteiger partial charge in [0, 0.05) is 4.90 Å². The quantitative estimate of drug-likeness (QED) is 0.562. The molecule has 11 heavy (non-hydrogen) atoms. The highest BCUT2D eigenvalue weighted by Gasteiger charge is 2.11. The van der Waals surface area contributed by atoms with Gasteiger partial charge in [-0.25, -0.2) is 0 Å². The van der Waals surface area contributed by atoms with Crippen LogP contribution < -0.4 is 0 Å². The maximum Gasteiger partial charge on any atom is 0.00401 e. The minimum atomic E-state index is 0.251. The van der Waals surface area contributed by atoms with Gasteiger partial charge in [-0.05, 0) is 23.1 Å². The number of hydrogen-bond acceptors (Lipinski definition) is 1. The van der Waals surface area contributed by atoms with Crippen molar-refractivity contribution < 1.29 is 0 Å². The molecule has 0 N–H and O–H groups in total. The molecule has 0 saturated heterocycles. The Balaban J connectivity index is 2.99. The molecule has 0 fully saturated rings. The Hall–Kier alpha value is -0.430. The highest BCUT2D eigenvalue weighted by Crippen LogP contribution is 2.22. The van der Waals surface area contributed by atoms with Crippen LogP contribution in [0.5, 0.6) is 0 Å². The molecule has 0 saturated carbocycles. The smallest absolute Gasteiger partial charge is 0.00401 e. The van der Waals surface area contributed by atoms with Crippen molar-refractivity contribution >= 4 is 12.6 Å². The van der Waals surface area contributed by atoms with Gasteiger partial charge in [-0.2, -0.15) is 0 Å². The topological polar surface area (TPSA) is 0 Å². The van der Waals surface area contributed by atoms with Crippen LogP contribution >= 0.6 is 12.6 Å². The summed E-state index contributed by atoms with van der Waals surface area (Å²) in [7, 11) is 0. The molecule has 1 aromatic carbocycles. The molecular formula is C10H14S. The van der Waals surface area contributed by atoms with Crippen molar-refractivity contribution in [3.05, 3.63) is 29.8 Å². The van der Waals surface area contributed by atoms with E-state index < -0.39 is 0 Å². The van der Waals surface area contributed by atoms with E-state index in [1.54, 1.807) is 0 Å². The number of rotatable bonds is 0. The predicted octanol–water partition coefficient (Wildman–Crippen LogP) is 3.27. The van der Waals surface area contributed by atoms with Gasteiger partial charge in [0.1, 0.15) is 0 Å². The summed E-state index contributed by atoms with van der Waals surface area (Å²) in [6.07, 6.45) is 0. The molecule has 60 valence electrons. The van der Waals surface area contributed by atoms with Crippen molar-refractivity contribution in [1.29, 1.82) is 0 Å². The second-order valence-electron chi connectivity index (χ2n) is 3.80. The predicted molar refractivity (Wildman–Crippen MR) is 52.4 cm³/mol. The largest absolute Gasteiger partial charge is 0.143 e. The van der Waals surface area contributed by atoms with Crippen LogP contribution in [0.15, 0.2) is 29.2 Å². The van der Waals surface area contributed by atoms with E-state index in [0.29, 0.717) is 0 Å². The summed E-state index contributed by atoms with van der Waals surface area (Å²) in [4.78, 5) is 1.03. The fourth-order valence-electron chi connectivity index (χ4n) is 0.961. The highest BCUT2D eigenvalue weighted by atomic mass is 32.1. The maximum absolute atomic E-state index is 4.23. The summed E-state index contributed by atoms with van der Waals surface area (Å²) >= 11 is 4.23. The van der Waals surface area contributed by atoms with Gasteiger partial charge in [0.05, 0.1) is 0 Å². The summed E-state index contributed by atoms with van der Waals surface area (Å²) in [5.74, 6) is 0. The zero-order valence-corrected chi connectivity index (χ0v) is 8.15. The standard InChI is InChI=1S/C10H14S/c1-10(2,3)8-4-6-9(11)7-5-8/h4-7,11H,1-3H3. The summed E-state index contributed by atoms with van der Waals surface area (Å²) in [5.41, 5.74) is 1.61. The lowest BCUT2D eigenvalue weighted by Gasteiger charge is -2.18. The van der Waals surface area contributed by atoms with Gasteiger partial charge >= 0.3 is 0 Å². The van der Waals surface area contributed by atoms with Crippen LogP contribution in [0.3, 0.4) is 0 Å². The Morgan fingerprint density at radius 1 is 1.00 bits per heavy atom. The fourth-order valence-corrected chi connectivity index (χ4v) is 1.11. The van der Waals surface area contributed by atoms with Gasteiger partial charge in [-0.15, -0.1) is 12.6 Å². The first-order valence-electron chi connectivity index (χ1n) is 3.79. The van der Waals surface area contributed by atoms with Crippen LogP contribution in [0.2, 0.25) is 0 Å². The zero-order valence-electron chi connectivity index (χ0n) is 7.26. The average Bonchev–Trinajstić information content (AvgIpc) is 1.86. The van der Waals surface area contributed by atoms with Crippen molar-refractivity contribution in [3.8, 4) is 0 Å². The summed E-state index contributed by atoms with van der Waals surface area (Å²) in [6.45, 7) is 6.63. The van der Waals surface area contributed by atoms with E-state index in [1.165, 1.54) is 5.56 Å². The van der Waals surface area contributed by atoms with Crippen molar-refractivity contribution in [2.24, 2.45) is 0 Å². The third-order valence-corrected chi connectivity index (χ3v) is 2.03. The van der Waals surface area contributed by atoms with E-state index in [-0.39, 0.29) is 5.41 Å². The maximum atomic E-state index is 4.23. The Morgan fingerprint density at radius 2 is 1.45 bits per heavy atom. The second-order valence-corrected chi connectivity index (χ2v) is 4.31. The van der Waals surface area contributed by atoms with Crippen LogP contribution in [0, 0.1) is 0 Å². The third kappa shape index (κ3) is 2.26. The van der Waals surface area contributed by atoms with Crippen LogP contribution in [0.1, 0.15) is 26.3 Å². The zero-order chi connectivity index (χ0) is 8.48. The Bertz CT molecular complexity index is 228. The second kappa shape index (κ2) is 2.90. The first kappa shape index (κ1) is 8.66. The molecule has 0 unspecified atom stereocenters. The van der Waals surface area contributed by atoms with Crippen molar-refractivity contribution in [1.82, 2.24) is 0 Å². The molecular weight excluding hydrogens is 152 g/mol. The van der Waals surface area contributed by atoms with Gasteiger partial charge in [-0.3, -0.25) is 0 Å². The molecule has 0 aliphatic carbocycles. The molecule has 0 heterocycles. The molecule has 0 radical (unpaired) electrons. The third-order valence-electron chi connectivity index (χ3n) is 1.73. The lowest BCUT2D eigenvalue weighted by molar-refractivity contribution is 0.590. The monoisotopic (exact) mass is 166 g/mol. The number of hydrogen-bond donors (Lipinski definition) is 1. The van der Waals surface area contributed by atoms with Crippen molar-refractivity contribution in [3.63, 3.8) is 0 Å². The van der Waals surface area contributed by atoms with Crippen molar-refractivity contribution in [2.45, 2.75) is 31.1 Å². The lowest BCUT2D eigenvalue weighted by Crippen LogP contribution is -2.10. The van der Waals surface area contributed by atoms with E-state index in [9.17, 15) is 0 Å². The molecule has 0 aliphatic heterocycles. The SMILES string of the molecule is CC(C)(C)c1ccc(S)cc1. The summed E-state index contributed by atoms with van der Waals surface area (Å²) in [6, 6.07) is 8.32. The molecule has 1 heteroatoms. The summed E-state index contributed by atoms with van der Waals surface area (Å²) in [5, 5.41) is 0. The molecule has 0 atom stereocenters. The van der Waals surface area contributed by atoms with Crippen LogP contribution in [-0.2, 0) is 5.41 Å². The van der Waals surface area contributed by atoms with E-state index in [0.717, 1.165) is 4.90 Å². The van der Waals surface area contributed by atoms with Crippen LogP contribution in [-0.4, -0.2) is 0 Å². The minimum Gasteiger partial charge on any atom is -0.143 e. The number of benzene rings is 1. The normalized spacial score (nSPS) is 11.6. The van der Waals surface area contributed by atoms with Crippen LogP contribution in [0.25, 0.3) is 0 Å². The first-order chi connectivity index (χ1) is 5.00. The first-order valence-corrected chi connectivity index (χ1v) is 4.24. The van der Waals surface area contributed by atoms with Gasteiger partial charge in [-0.1, -0.05) is 32.9 Å². The molecule has 0 aliphatic rings. The Kier molecular flexibility index (Phi) is 2.28. The van der Waals surface area contributed by atoms with Crippen molar-refractivity contribution in [2.75, 3.05) is 0 Å². The molecule has 0 aromatic heterocycles. The van der Waals surface area contributed by atoms with E-state index in [2.05, 4.69) is 45.5 Å². The minimum absolute atomic E-state index is 0.251. The van der Waals surface area contributed by atoms with Gasteiger partial charge < -0.3 is 0 Å². The van der Waals surface area contributed by atoms with E-state index in [1.807, 2.05) is 12.1 Å². The molecule has 0 spiro atoms. The average molecular weight is 166 g/mol. The Morgan fingerprint density at radius 3 is 1.82 bits per heavy atom. The molecule has 0 nitrogen and oxygen atoms in total. The lowest BCUT2D eigenvalue weighted by atomic mass is 9.87. The molecule has 0 amide bonds. The van der Waals surface area contributed by atoms with Gasteiger partial charge in [0.15, 0.2) is 0 Å². The van der Waals surface area contributed by atoms with Crippen LogP contribution in [0.4, 0.5) is 0 Å². The van der Waals surface area contributed by atoms with Gasteiger partial charge in [0.2, 0.25) is 0 Å². The number of thiol groups is 1. The fraction of sp³-hybridized carbons (Fsp3) is 0.400. The Labute approximate surface area is 74.0 Å².